The Hall–Kier alpha value is -1.84. The largest absolute Gasteiger partial charge is 0.464 e. The van der Waals surface area contributed by atoms with Gasteiger partial charge in [0.05, 0.1) is 13.0 Å². The fourth-order valence-electron chi connectivity index (χ4n) is 3.87. The molecule has 0 saturated heterocycles. The lowest BCUT2D eigenvalue weighted by Crippen LogP contribution is -2.54. The summed E-state index contributed by atoms with van der Waals surface area (Å²) in [7, 11) is 0. The number of esters is 1. The molecule has 0 spiro atoms. The molecule has 1 aromatic carbocycles. The van der Waals surface area contributed by atoms with Gasteiger partial charge in [-0.1, -0.05) is 24.6 Å². The van der Waals surface area contributed by atoms with Gasteiger partial charge >= 0.3 is 5.97 Å². The molecule has 1 amide bonds. The molecule has 0 bridgehead atoms. The van der Waals surface area contributed by atoms with E-state index in [2.05, 4.69) is 31.3 Å². The monoisotopic (exact) mass is 331 g/mol. The van der Waals surface area contributed by atoms with E-state index in [-0.39, 0.29) is 11.9 Å². The third kappa shape index (κ3) is 3.97. The summed E-state index contributed by atoms with van der Waals surface area (Å²) in [6.07, 6.45) is 2.54. The second-order valence-electron chi connectivity index (χ2n) is 7.25. The van der Waals surface area contributed by atoms with E-state index in [4.69, 9.17) is 4.74 Å². The van der Waals surface area contributed by atoms with Crippen molar-refractivity contribution in [3.05, 3.63) is 34.4 Å². The van der Waals surface area contributed by atoms with Crippen LogP contribution in [0.1, 0.15) is 55.4 Å². The van der Waals surface area contributed by atoms with E-state index in [1.807, 2.05) is 13.8 Å². The molecule has 0 aromatic heterocycles. The molecule has 2 rings (SSSR count). The molecule has 1 saturated carbocycles. The Kier molecular flexibility index (Phi) is 5.68. The lowest BCUT2D eigenvalue weighted by Gasteiger charge is -2.28. The number of ether oxygens (including phenoxy) is 1. The Labute approximate surface area is 145 Å². The van der Waals surface area contributed by atoms with Crippen molar-refractivity contribution in [2.24, 2.45) is 5.92 Å². The molecule has 1 N–H and O–H groups in total. The average Bonchev–Trinajstić information content (AvgIpc) is 2.85. The first-order valence-corrected chi connectivity index (χ1v) is 8.82. The molecular formula is C20H29NO3. The van der Waals surface area contributed by atoms with Gasteiger partial charge in [0.2, 0.25) is 5.91 Å². The SMILES string of the molecule is CCOC(=O)C1(NC(=O)Cc2c(C)cc(C)cc2C)CCC(C)C1. The van der Waals surface area contributed by atoms with Crippen molar-refractivity contribution in [1.82, 2.24) is 5.32 Å². The van der Waals surface area contributed by atoms with Gasteiger partial charge in [0.25, 0.3) is 0 Å². The number of carbonyl (C=O) groups is 2. The number of hydrogen-bond donors (Lipinski definition) is 1. The van der Waals surface area contributed by atoms with Gasteiger partial charge < -0.3 is 10.1 Å². The van der Waals surface area contributed by atoms with E-state index < -0.39 is 5.54 Å². The van der Waals surface area contributed by atoms with Gasteiger partial charge in [-0.3, -0.25) is 4.79 Å². The summed E-state index contributed by atoms with van der Waals surface area (Å²) in [6, 6.07) is 4.18. The standard InChI is InChI=1S/C20H29NO3/c1-6-24-19(23)20(8-7-13(2)12-20)21-18(22)11-17-15(4)9-14(3)10-16(17)5/h9-10,13H,6-8,11-12H2,1-5H3,(H,21,22). The van der Waals surface area contributed by atoms with E-state index >= 15 is 0 Å². The Morgan fingerprint density at radius 1 is 1.25 bits per heavy atom. The number of hydrogen-bond acceptors (Lipinski definition) is 3. The zero-order valence-electron chi connectivity index (χ0n) is 15.5. The molecule has 132 valence electrons. The first-order valence-electron chi connectivity index (χ1n) is 8.82. The zero-order valence-corrected chi connectivity index (χ0v) is 15.5. The minimum atomic E-state index is -0.848. The Morgan fingerprint density at radius 2 is 1.88 bits per heavy atom. The minimum absolute atomic E-state index is 0.104. The number of rotatable bonds is 5. The van der Waals surface area contributed by atoms with Crippen LogP contribution in [0.25, 0.3) is 0 Å². The van der Waals surface area contributed by atoms with Gasteiger partial charge in [0.15, 0.2) is 0 Å². The summed E-state index contributed by atoms with van der Waals surface area (Å²) in [5, 5.41) is 3.01. The fourth-order valence-corrected chi connectivity index (χ4v) is 3.87. The van der Waals surface area contributed by atoms with Crippen LogP contribution in [-0.2, 0) is 20.7 Å². The molecule has 1 aliphatic rings. The Balaban J connectivity index is 2.16. The van der Waals surface area contributed by atoms with E-state index in [0.717, 1.165) is 23.1 Å². The first-order chi connectivity index (χ1) is 11.3. The van der Waals surface area contributed by atoms with Crippen LogP contribution in [0.4, 0.5) is 0 Å². The molecular weight excluding hydrogens is 302 g/mol. The van der Waals surface area contributed by atoms with Crippen molar-refractivity contribution in [1.29, 1.82) is 0 Å². The number of nitrogens with one attached hydrogen (secondary N) is 1. The van der Waals surface area contributed by atoms with Gasteiger partial charge in [-0.15, -0.1) is 0 Å². The number of aryl methyl sites for hydroxylation is 3. The third-order valence-electron chi connectivity index (χ3n) is 4.98. The smallest absolute Gasteiger partial charge is 0.331 e. The van der Waals surface area contributed by atoms with Crippen molar-refractivity contribution in [2.75, 3.05) is 6.61 Å². The number of benzene rings is 1. The van der Waals surface area contributed by atoms with Gasteiger partial charge in [-0.25, -0.2) is 4.79 Å². The average molecular weight is 331 g/mol. The van der Waals surface area contributed by atoms with Gasteiger partial charge in [-0.05, 0) is 69.6 Å². The molecule has 24 heavy (non-hydrogen) atoms. The minimum Gasteiger partial charge on any atom is -0.464 e. The molecule has 4 heteroatoms. The van der Waals surface area contributed by atoms with E-state index in [1.54, 1.807) is 6.92 Å². The van der Waals surface area contributed by atoms with Gasteiger partial charge in [0, 0.05) is 0 Å². The maximum absolute atomic E-state index is 12.7. The quantitative estimate of drug-likeness (QED) is 0.842. The first kappa shape index (κ1) is 18.5. The zero-order chi connectivity index (χ0) is 17.9. The highest BCUT2D eigenvalue weighted by atomic mass is 16.5. The molecule has 4 nitrogen and oxygen atoms in total. The number of amides is 1. The summed E-state index contributed by atoms with van der Waals surface area (Å²) in [5.41, 5.74) is 3.63. The lowest BCUT2D eigenvalue weighted by atomic mass is 9.94. The van der Waals surface area contributed by atoms with Crippen LogP contribution in [0.3, 0.4) is 0 Å². The summed E-state index contributed by atoms with van der Waals surface area (Å²) in [5.74, 6) is 0.0183. The van der Waals surface area contributed by atoms with Crippen LogP contribution < -0.4 is 5.32 Å². The highest BCUT2D eigenvalue weighted by Crippen LogP contribution is 2.35. The van der Waals surface area contributed by atoms with Crippen LogP contribution in [-0.4, -0.2) is 24.0 Å². The summed E-state index contributed by atoms with van der Waals surface area (Å²) in [6.45, 7) is 10.4. The normalized spacial score (nSPS) is 23.1. The molecule has 1 aromatic rings. The Morgan fingerprint density at radius 3 is 2.38 bits per heavy atom. The van der Waals surface area contributed by atoms with Crippen LogP contribution in [0.2, 0.25) is 0 Å². The predicted molar refractivity (Wildman–Crippen MR) is 94.9 cm³/mol. The van der Waals surface area contributed by atoms with Crippen molar-refractivity contribution in [3.63, 3.8) is 0 Å². The van der Waals surface area contributed by atoms with E-state index in [9.17, 15) is 9.59 Å². The second kappa shape index (κ2) is 7.37. The maximum Gasteiger partial charge on any atom is 0.331 e. The summed E-state index contributed by atoms with van der Waals surface area (Å²) in [4.78, 5) is 25.1. The van der Waals surface area contributed by atoms with Crippen molar-refractivity contribution >= 4 is 11.9 Å². The Bertz CT molecular complexity index is 615. The predicted octanol–water partition coefficient (Wildman–Crippen LogP) is 3.39. The summed E-state index contributed by atoms with van der Waals surface area (Å²) < 4.78 is 5.24. The topological polar surface area (TPSA) is 55.4 Å². The highest BCUT2D eigenvalue weighted by Gasteiger charge is 2.46. The molecule has 0 aliphatic heterocycles. The maximum atomic E-state index is 12.7. The van der Waals surface area contributed by atoms with E-state index in [1.165, 1.54) is 5.56 Å². The van der Waals surface area contributed by atoms with Crippen molar-refractivity contribution < 1.29 is 14.3 Å². The molecule has 1 aliphatic carbocycles. The van der Waals surface area contributed by atoms with Crippen LogP contribution in [0, 0.1) is 26.7 Å². The number of carbonyl (C=O) groups excluding carboxylic acids is 2. The fraction of sp³-hybridized carbons (Fsp3) is 0.600. The van der Waals surface area contributed by atoms with Gasteiger partial charge in [0.1, 0.15) is 5.54 Å². The second-order valence-corrected chi connectivity index (χ2v) is 7.25. The molecule has 0 radical (unpaired) electrons. The third-order valence-corrected chi connectivity index (χ3v) is 4.98. The van der Waals surface area contributed by atoms with Crippen LogP contribution >= 0.6 is 0 Å². The lowest BCUT2D eigenvalue weighted by molar-refractivity contribution is -0.153. The molecule has 1 fully saturated rings. The van der Waals surface area contributed by atoms with Crippen LogP contribution in [0.15, 0.2) is 12.1 Å². The van der Waals surface area contributed by atoms with Crippen molar-refractivity contribution in [2.45, 2.75) is 65.8 Å². The van der Waals surface area contributed by atoms with Crippen molar-refractivity contribution in [3.8, 4) is 0 Å². The molecule has 0 heterocycles. The molecule has 2 atom stereocenters. The molecule has 2 unspecified atom stereocenters. The van der Waals surface area contributed by atoms with Crippen LogP contribution in [0.5, 0.6) is 0 Å². The van der Waals surface area contributed by atoms with E-state index in [0.29, 0.717) is 31.8 Å². The highest BCUT2D eigenvalue weighted by molar-refractivity contribution is 5.89. The summed E-state index contributed by atoms with van der Waals surface area (Å²) >= 11 is 0. The van der Waals surface area contributed by atoms with Gasteiger partial charge in [-0.2, -0.15) is 0 Å².